The predicted octanol–water partition coefficient (Wildman–Crippen LogP) is 11.8. The van der Waals surface area contributed by atoms with E-state index in [4.69, 9.17) is 14.2 Å². The molecule has 1 unspecified atom stereocenters. The van der Waals surface area contributed by atoms with E-state index in [0.29, 0.717) is 12.8 Å². The van der Waals surface area contributed by atoms with E-state index in [0.717, 1.165) is 70.6 Å². The van der Waals surface area contributed by atoms with Crippen molar-refractivity contribution in [3.05, 3.63) is 122 Å². The molecule has 0 aromatic heterocycles. The Bertz CT molecular complexity index is 1170. The molecule has 6 heteroatoms. The molecule has 0 amide bonds. The first kappa shape index (κ1) is 46.8. The summed E-state index contributed by atoms with van der Waals surface area (Å²) in [6.07, 6.45) is 52.3. The highest BCUT2D eigenvalue weighted by molar-refractivity contribution is 5.72. The number of unbranched alkanes of at least 4 members (excludes halogenated alkanes) is 5. The maximum atomic E-state index is 12.5. The zero-order chi connectivity index (χ0) is 37.3. The second kappa shape index (κ2) is 38.6. The highest BCUT2D eigenvalue weighted by Crippen LogP contribution is 2.08. The van der Waals surface area contributed by atoms with Crippen LogP contribution >= 0.6 is 0 Å². The third-order valence-electron chi connectivity index (χ3n) is 7.10. The molecule has 6 nitrogen and oxygen atoms in total. The highest BCUT2D eigenvalue weighted by atomic mass is 16.6. The molecule has 0 fully saturated rings. The second-order valence-corrected chi connectivity index (χ2v) is 11.8. The van der Waals surface area contributed by atoms with Crippen LogP contribution in [0, 0.1) is 0 Å². The summed E-state index contributed by atoms with van der Waals surface area (Å²) in [6.45, 7) is 6.02. The molecular formula is C45H66O6. The van der Waals surface area contributed by atoms with Gasteiger partial charge in [0, 0.05) is 12.8 Å². The molecule has 0 heterocycles. The number of ether oxygens (including phenoxy) is 3. The summed E-state index contributed by atoms with van der Waals surface area (Å²) >= 11 is 0. The molecule has 51 heavy (non-hydrogen) atoms. The smallest absolute Gasteiger partial charge is 0.310 e. The van der Waals surface area contributed by atoms with E-state index >= 15 is 0 Å². The molecule has 282 valence electrons. The van der Waals surface area contributed by atoms with Crippen molar-refractivity contribution in [3.63, 3.8) is 0 Å². The van der Waals surface area contributed by atoms with E-state index in [1.165, 1.54) is 0 Å². The summed E-state index contributed by atoms with van der Waals surface area (Å²) in [7, 11) is 0. The molecule has 0 aromatic rings. The fraction of sp³-hybridized carbons (Fsp3) is 0.489. The average Bonchev–Trinajstić information content (AvgIpc) is 3.12. The highest BCUT2D eigenvalue weighted by Gasteiger charge is 2.19. The van der Waals surface area contributed by atoms with E-state index < -0.39 is 12.1 Å². The van der Waals surface area contributed by atoms with Crippen molar-refractivity contribution in [3.8, 4) is 0 Å². The van der Waals surface area contributed by atoms with Gasteiger partial charge in [-0.15, -0.1) is 0 Å². The first-order valence-corrected chi connectivity index (χ1v) is 19.1. The molecule has 0 N–H and O–H groups in total. The van der Waals surface area contributed by atoms with Gasteiger partial charge in [0.15, 0.2) is 6.10 Å². The molecular weight excluding hydrogens is 636 g/mol. The topological polar surface area (TPSA) is 78.9 Å². The van der Waals surface area contributed by atoms with Crippen LogP contribution in [0.1, 0.15) is 124 Å². The van der Waals surface area contributed by atoms with Crippen LogP contribution < -0.4 is 0 Å². The van der Waals surface area contributed by atoms with Crippen LogP contribution in [0.15, 0.2) is 122 Å². The van der Waals surface area contributed by atoms with Crippen LogP contribution in [0.2, 0.25) is 0 Å². The maximum absolute atomic E-state index is 12.5. The largest absolute Gasteiger partial charge is 0.462 e. The van der Waals surface area contributed by atoms with Crippen molar-refractivity contribution >= 4 is 17.9 Å². The van der Waals surface area contributed by atoms with Crippen LogP contribution in [0.3, 0.4) is 0 Å². The van der Waals surface area contributed by atoms with Gasteiger partial charge in [-0.3, -0.25) is 14.4 Å². The molecule has 0 spiro atoms. The molecule has 0 saturated heterocycles. The van der Waals surface area contributed by atoms with Gasteiger partial charge in [0.1, 0.15) is 13.2 Å². The van der Waals surface area contributed by atoms with Crippen LogP contribution in [0.5, 0.6) is 0 Å². The third kappa shape index (κ3) is 36.9. The monoisotopic (exact) mass is 702 g/mol. The Morgan fingerprint density at radius 3 is 1.43 bits per heavy atom. The first-order valence-electron chi connectivity index (χ1n) is 19.1. The number of carbonyl (C=O) groups is 3. The Kier molecular flexibility index (Phi) is 35.4. The number of hydrogen-bond donors (Lipinski definition) is 0. The van der Waals surface area contributed by atoms with E-state index in [-0.39, 0.29) is 44.4 Å². The molecule has 0 aromatic carbocycles. The number of rotatable bonds is 31. The summed E-state index contributed by atoms with van der Waals surface area (Å²) in [5.74, 6) is -1.17. The van der Waals surface area contributed by atoms with E-state index in [1.807, 2.05) is 60.8 Å². The minimum absolute atomic E-state index is 0.0823. The van der Waals surface area contributed by atoms with Crippen molar-refractivity contribution in [1.29, 1.82) is 0 Å². The quantitative estimate of drug-likeness (QED) is 0.0235. The maximum Gasteiger partial charge on any atom is 0.310 e. The summed E-state index contributed by atoms with van der Waals surface area (Å²) in [5, 5.41) is 0. The van der Waals surface area contributed by atoms with Gasteiger partial charge in [-0.2, -0.15) is 0 Å². The zero-order valence-electron chi connectivity index (χ0n) is 31.8. The normalized spacial score (nSPS) is 13.4. The van der Waals surface area contributed by atoms with Crippen molar-refractivity contribution in [1.82, 2.24) is 0 Å². The van der Waals surface area contributed by atoms with Gasteiger partial charge in [0.05, 0.1) is 6.42 Å². The minimum atomic E-state index is -0.856. The standard InChI is InChI=1S/C45H66O6/c1-4-7-10-13-16-19-20-21-22-23-24-27-29-32-35-38-44(47)50-41-42(51-45(48)39-36-33-30-26-18-15-12-9-6-3)40-49-43(46)37-34-31-28-25-17-14-11-8-5-2/h7-13,16-26,33,36,42H,4-6,14-15,27-32,34-35,37-41H2,1-3H3/b10-7-,11-8-,12-9-,16-13-,20-19-,22-21-,24-23-,25-17-,26-18-,36-33-. The molecule has 0 bridgehead atoms. The molecule has 0 rings (SSSR count). The van der Waals surface area contributed by atoms with E-state index in [9.17, 15) is 14.4 Å². The van der Waals surface area contributed by atoms with Gasteiger partial charge in [0.2, 0.25) is 0 Å². The Morgan fingerprint density at radius 2 is 0.863 bits per heavy atom. The predicted molar refractivity (Wildman–Crippen MR) is 214 cm³/mol. The van der Waals surface area contributed by atoms with Crippen molar-refractivity contribution in [2.45, 2.75) is 130 Å². The third-order valence-corrected chi connectivity index (χ3v) is 7.10. The molecule has 0 aliphatic rings. The Balaban J connectivity index is 4.60. The van der Waals surface area contributed by atoms with Gasteiger partial charge in [-0.25, -0.2) is 0 Å². The van der Waals surface area contributed by atoms with Crippen LogP contribution in [-0.4, -0.2) is 37.2 Å². The molecule has 1 atom stereocenters. The summed E-state index contributed by atoms with van der Waals surface area (Å²) < 4.78 is 16.4. The van der Waals surface area contributed by atoms with Crippen LogP contribution in [0.25, 0.3) is 0 Å². The number of esters is 3. The number of allylic oxidation sites excluding steroid dienone is 19. The summed E-state index contributed by atoms with van der Waals surface area (Å²) in [6, 6.07) is 0. The minimum Gasteiger partial charge on any atom is -0.462 e. The van der Waals surface area contributed by atoms with E-state index in [1.54, 1.807) is 6.08 Å². The van der Waals surface area contributed by atoms with Crippen molar-refractivity contribution < 1.29 is 28.6 Å². The lowest BCUT2D eigenvalue weighted by Crippen LogP contribution is -2.30. The molecule has 0 radical (unpaired) electrons. The Morgan fingerprint density at radius 1 is 0.431 bits per heavy atom. The van der Waals surface area contributed by atoms with Gasteiger partial charge in [0.25, 0.3) is 0 Å². The van der Waals surface area contributed by atoms with Crippen LogP contribution in [0.4, 0.5) is 0 Å². The van der Waals surface area contributed by atoms with Crippen molar-refractivity contribution in [2.24, 2.45) is 0 Å². The lowest BCUT2D eigenvalue weighted by atomic mass is 10.1. The summed E-state index contributed by atoms with van der Waals surface area (Å²) in [4.78, 5) is 37.3. The molecule has 0 saturated carbocycles. The van der Waals surface area contributed by atoms with Gasteiger partial charge in [-0.05, 0) is 77.0 Å². The SMILES string of the molecule is CC\C=C/C=C\C=C/C=C\C=C/CCCCCC(=O)OCC(COC(=O)CCCC/C=C\C/C=C\CC)OC(=O)C/C=C\C/C=C\C/C=C\CC. The van der Waals surface area contributed by atoms with Gasteiger partial charge in [-0.1, -0.05) is 149 Å². The fourth-order valence-electron chi connectivity index (χ4n) is 4.32. The number of carbonyl (C=O) groups excluding carboxylic acids is 3. The molecule has 0 aliphatic heterocycles. The first-order chi connectivity index (χ1) is 25.0. The van der Waals surface area contributed by atoms with Crippen molar-refractivity contribution in [2.75, 3.05) is 13.2 Å². The molecule has 0 aliphatic carbocycles. The lowest BCUT2D eigenvalue weighted by molar-refractivity contribution is -0.166. The van der Waals surface area contributed by atoms with E-state index in [2.05, 4.69) is 75.5 Å². The lowest BCUT2D eigenvalue weighted by Gasteiger charge is -2.18. The zero-order valence-corrected chi connectivity index (χ0v) is 31.8. The average molecular weight is 703 g/mol. The number of hydrogen-bond acceptors (Lipinski definition) is 6. The fourth-order valence-corrected chi connectivity index (χ4v) is 4.32. The van der Waals surface area contributed by atoms with Crippen LogP contribution in [-0.2, 0) is 28.6 Å². The summed E-state index contributed by atoms with van der Waals surface area (Å²) in [5.41, 5.74) is 0. The Labute approximate surface area is 310 Å². The second-order valence-electron chi connectivity index (χ2n) is 11.8. The Hall–Kier alpha value is -4.19. The van der Waals surface area contributed by atoms with Gasteiger partial charge < -0.3 is 14.2 Å². The van der Waals surface area contributed by atoms with Gasteiger partial charge >= 0.3 is 17.9 Å².